The minimum atomic E-state index is -0.951. The molecule has 32 heavy (non-hydrogen) atoms. The van der Waals surface area contributed by atoms with E-state index in [4.69, 9.17) is 4.74 Å². The predicted octanol–water partition coefficient (Wildman–Crippen LogP) is 0.335. The van der Waals surface area contributed by atoms with Crippen molar-refractivity contribution in [3.8, 4) is 0 Å². The number of hydrogen-bond acceptors (Lipinski definition) is 7. The highest BCUT2D eigenvalue weighted by molar-refractivity contribution is 6.24. The first kappa shape index (κ1) is 21.2. The van der Waals surface area contributed by atoms with Crippen molar-refractivity contribution >= 4 is 23.6 Å². The van der Waals surface area contributed by atoms with Gasteiger partial charge in [0.25, 0.3) is 11.8 Å². The van der Waals surface area contributed by atoms with Crippen molar-refractivity contribution in [3.63, 3.8) is 0 Å². The Bertz CT molecular complexity index is 958. The lowest BCUT2D eigenvalue weighted by molar-refractivity contribution is -0.136. The maximum Gasteiger partial charge on any atom is 0.262 e. The summed E-state index contributed by atoms with van der Waals surface area (Å²) in [6.07, 6.45) is 3.53. The summed E-state index contributed by atoms with van der Waals surface area (Å²) in [4.78, 5) is 51.0. The predicted molar refractivity (Wildman–Crippen MR) is 114 cm³/mol. The van der Waals surface area contributed by atoms with Crippen molar-refractivity contribution in [1.29, 1.82) is 0 Å². The summed E-state index contributed by atoms with van der Waals surface area (Å²) in [5.74, 6) is -1.39. The van der Waals surface area contributed by atoms with E-state index in [1.54, 1.807) is 12.1 Å². The number of ether oxygens (including phenoxy) is 1. The average Bonchev–Trinajstić information content (AvgIpc) is 3.37. The zero-order chi connectivity index (χ0) is 22.2. The number of fused-ring (bicyclic) bond motifs is 1. The van der Waals surface area contributed by atoms with Crippen LogP contribution >= 0.6 is 0 Å². The zero-order valence-electron chi connectivity index (χ0n) is 17.9. The largest absolute Gasteiger partial charge is 0.376 e. The van der Waals surface area contributed by atoms with Gasteiger partial charge in [-0.05, 0) is 56.3 Å². The van der Waals surface area contributed by atoms with Crippen LogP contribution in [0.3, 0.4) is 0 Å². The van der Waals surface area contributed by atoms with E-state index in [0.29, 0.717) is 23.6 Å². The normalized spacial score (nSPS) is 28.9. The highest BCUT2D eigenvalue weighted by Crippen LogP contribution is 2.31. The topological polar surface area (TPSA) is 117 Å². The van der Waals surface area contributed by atoms with Gasteiger partial charge < -0.3 is 15.4 Å². The number of carbonyl (C=O) groups excluding carboxylic acids is 4. The zero-order valence-corrected chi connectivity index (χ0v) is 17.9. The van der Waals surface area contributed by atoms with E-state index >= 15 is 0 Å². The first-order valence-electron chi connectivity index (χ1n) is 11.4. The summed E-state index contributed by atoms with van der Waals surface area (Å²) in [5.41, 5.74) is 1.41. The standard InChI is InChI=1S/C23H28N4O5/c28-18-5-4-17(21(29)26-18)27-22(30)15-3-1-2-14(19(15)23(27)31)12-25-16-8-11-32-20(16)13-6-9-24-10-7-13/h1-3,13,16-17,20,24-25H,4-12H2,(H,26,28,29)/t16-,17?,20+/m1/s1. The Morgan fingerprint density at radius 1 is 1.03 bits per heavy atom. The highest BCUT2D eigenvalue weighted by Gasteiger charge is 2.45. The van der Waals surface area contributed by atoms with Crippen LogP contribution in [0.1, 0.15) is 58.4 Å². The van der Waals surface area contributed by atoms with Crippen LogP contribution in [0.4, 0.5) is 0 Å². The highest BCUT2D eigenvalue weighted by atomic mass is 16.5. The number of piperidine rings is 2. The second-order valence-electron chi connectivity index (χ2n) is 8.99. The maximum atomic E-state index is 13.2. The van der Waals surface area contributed by atoms with Crippen LogP contribution in [-0.2, 0) is 20.9 Å². The number of nitrogens with one attached hydrogen (secondary N) is 3. The molecule has 4 amide bonds. The van der Waals surface area contributed by atoms with E-state index in [1.165, 1.54) is 0 Å². The first-order valence-corrected chi connectivity index (χ1v) is 11.4. The minimum Gasteiger partial charge on any atom is -0.376 e. The molecule has 3 saturated heterocycles. The fourth-order valence-electron chi connectivity index (χ4n) is 5.44. The van der Waals surface area contributed by atoms with Crippen molar-refractivity contribution in [2.45, 2.75) is 56.8 Å². The van der Waals surface area contributed by atoms with Crippen molar-refractivity contribution in [1.82, 2.24) is 20.9 Å². The number of amides is 4. The molecule has 9 nitrogen and oxygen atoms in total. The lowest BCUT2D eigenvalue weighted by atomic mass is 9.88. The summed E-state index contributed by atoms with van der Waals surface area (Å²) in [5, 5.41) is 9.19. The molecule has 9 heteroatoms. The summed E-state index contributed by atoms with van der Waals surface area (Å²) in [6.45, 7) is 3.19. The van der Waals surface area contributed by atoms with Gasteiger partial charge in [-0.2, -0.15) is 0 Å². The van der Waals surface area contributed by atoms with Gasteiger partial charge in [0, 0.05) is 25.6 Å². The Labute approximate surface area is 186 Å². The Hall–Kier alpha value is -2.62. The number of nitrogens with zero attached hydrogens (tertiary/aromatic N) is 1. The molecule has 1 unspecified atom stereocenters. The molecule has 0 spiro atoms. The first-order chi connectivity index (χ1) is 15.5. The number of carbonyl (C=O) groups is 4. The Morgan fingerprint density at radius 2 is 1.84 bits per heavy atom. The van der Waals surface area contributed by atoms with Gasteiger partial charge in [0.2, 0.25) is 11.8 Å². The molecule has 0 aliphatic carbocycles. The van der Waals surface area contributed by atoms with Crippen LogP contribution < -0.4 is 16.0 Å². The van der Waals surface area contributed by atoms with Gasteiger partial charge >= 0.3 is 0 Å². The Kier molecular flexibility index (Phi) is 5.79. The maximum absolute atomic E-state index is 13.2. The number of rotatable bonds is 5. The molecule has 0 radical (unpaired) electrons. The second kappa shape index (κ2) is 8.73. The molecule has 170 valence electrons. The van der Waals surface area contributed by atoms with Gasteiger partial charge in [0.05, 0.1) is 17.2 Å². The molecule has 4 aliphatic heterocycles. The van der Waals surface area contributed by atoms with E-state index < -0.39 is 23.8 Å². The van der Waals surface area contributed by atoms with Crippen LogP contribution in [0.15, 0.2) is 18.2 Å². The quantitative estimate of drug-likeness (QED) is 0.565. The van der Waals surface area contributed by atoms with Crippen LogP contribution in [0.2, 0.25) is 0 Å². The van der Waals surface area contributed by atoms with Crippen LogP contribution in [-0.4, -0.2) is 66.4 Å². The van der Waals surface area contributed by atoms with Crippen LogP contribution in [0.25, 0.3) is 0 Å². The summed E-state index contributed by atoms with van der Waals surface area (Å²) in [7, 11) is 0. The van der Waals surface area contributed by atoms with Crippen molar-refractivity contribution in [2.24, 2.45) is 5.92 Å². The summed E-state index contributed by atoms with van der Waals surface area (Å²) < 4.78 is 6.05. The SMILES string of the molecule is O=C1CCC(N2C(=O)c3cccc(CN[C@@H]4CCO[C@H]4C4CCNCC4)c3C2=O)C(=O)N1. The third-order valence-electron chi connectivity index (χ3n) is 7.09. The molecule has 0 bridgehead atoms. The lowest BCUT2D eigenvalue weighted by Gasteiger charge is -2.31. The molecular weight excluding hydrogens is 412 g/mol. The Morgan fingerprint density at radius 3 is 2.62 bits per heavy atom. The lowest BCUT2D eigenvalue weighted by Crippen LogP contribution is -2.54. The van der Waals surface area contributed by atoms with E-state index in [-0.39, 0.29) is 30.9 Å². The van der Waals surface area contributed by atoms with Crippen molar-refractivity contribution in [2.75, 3.05) is 19.7 Å². The molecule has 5 rings (SSSR count). The van der Waals surface area contributed by atoms with Crippen molar-refractivity contribution < 1.29 is 23.9 Å². The van der Waals surface area contributed by atoms with Crippen molar-refractivity contribution in [3.05, 3.63) is 34.9 Å². The smallest absolute Gasteiger partial charge is 0.262 e. The number of hydrogen-bond donors (Lipinski definition) is 3. The van der Waals surface area contributed by atoms with E-state index in [0.717, 1.165) is 49.4 Å². The molecule has 3 N–H and O–H groups in total. The molecule has 0 saturated carbocycles. The third-order valence-corrected chi connectivity index (χ3v) is 7.09. The monoisotopic (exact) mass is 440 g/mol. The second-order valence-corrected chi connectivity index (χ2v) is 8.99. The van der Waals surface area contributed by atoms with Gasteiger partial charge in [0.1, 0.15) is 6.04 Å². The van der Waals surface area contributed by atoms with Gasteiger partial charge in [-0.25, -0.2) is 0 Å². The van der Waals surface area contributed by atoms with Gasteiger partial charge in [-0.15, -0.1) is 0 Å². The van der Waals surface area contributed by atoms with Gasteiger partial charge in [-0.1, -0.05) is 12.1 Å². The molecule has 1 aromatic rings. The molecule has 4 aliphatic rings. The Balaban J connectivity index is 1.32. The molecule has 1 aromatic carbocycles. The summed E-state index contributed by atoms with van der Waals surface area (Å²) in [6, 6.07) is 4.49. The molecule has 3 atom stereocenters. The molecule has 0 aromatic heterocycles. The van der Waals surface area contributed by atoms with E-state index in [9.17, 15) is 19.2 Å². The number of benzene rings is 1. The molecule has 4 heterocycles. The minimum absolute atomic E-state index is 0.109. The van der Waals surface area contributed by atoms with Crippen LogP contribution in [0, 0.1) is 5.92 Å². The molecular formula is C23H28N4O5. The average molecular weight is 441 g/mol. The van der Waals surface area contributed by atoms with E-state index in [2.05, 4.69) is 16.0 Å². The van der Waals surface area contributed by atoms with Gasteiger partial charge in [-0.3, -0.25) is 29.4 Å². The fourth-order valence-corrected chi connectivity index (χ4v) is 5.44. The summed E-state index contributed by atoms with van der Waals surface area (Å²) >= 11 is 0. The van der Waals surface area contributed by atoms with E-state index in [1.807, 2.05) is 6.07 Å². The van der Waals surface area contributed by atoms with Crippen LogP contribution in [0.5, 0.6) is 0 Å². The fraction of sp³-hybridized carbons (Fsp3) is 0.565. The number of imide groups is 2. The molecule has 3 fully saturated rings. The van der Waals surface area contributed by atoms with Gasteiger partial charge in [0.15, 0.2) is 0 Å². The third kappa shape index (κ3) is 3.74.